The number of nitroso groups, excluding NO2 is 1. The third kappa shape index (κ3) is 6.59. The van der Waals surface area contributed by atoms with Crippen molar-refractivity contribution in [1.82, 2.24) is 4.90 Å². The standard InChI is InChI=1S/C32H39N3O2S.C2H6/c1-5-6-12-35(4)31-33-30(36)29(38-31)16-23-8-7-9-25(15-23)26-10-11-28(34-37)27(17-26)32-18-21(2)13-24(20-32)14-22(3)19-32;1-2/h7-11,15-17,21-22,24H,5-6,12-14,18-20H2,1-4H3;1-2H3/b29-16-;. The molecule has 2 aromatic rings. The quantitative estimate of drug-likeness (QED) is 0.250. The molecule has 1 amide bonds. The number of hydrogen-bond donors (Lipinski definition) is 0. The number of amidine groups is 1. The second-order valence-electron chi connectivity index (χ2n) is 12.0. The third-order valence-electron chi connectivity index (χ3n) is 8.60. The van der Waals surface area contributed by atoms with Gasteiger partial charge in [-0.3, -0.25) is 4.79 Å². The maximum absolute atomic E-state index is 12.6. The molecule has 2 atom stereocenters. The molecule has 2 unspecified atom stereocenters. The number of unbranched alkanes of at least 4 members (excludes halogenated alkanes) is 1. The third-order valence-corrected chi connectivity index (χ3v) is 9.69. The minimum Gasteiger partial charge on any atom is -0.354 e. The molecule has 0 N–H and O–H groups in total. The van der Waals surface area contributed by atoms with Crippen molar-refractivity contribution in [1.29, 1.82) is 0 Å². The van der Waals surface area contributed by atoms with Crippen LogP contribution in [0.4, 0.5) is 5.69 Å². The van der Waals surface area contributed by atoms with E-state index in [2.05, 4.69) is 54.0 Å². The molecule has 5 nitrogen and oxygen atoms in total. The van der Waals surface area contributed by atoms with Crippen LogP contribution in [-0.2, 0) is 10.2 Å². The molecule has 3 aliphatic rings. The lowest BCUT2D eigenvalue weighted by Crippen LogP contribution is -2.42. The summed E-state index contributed by atoms with van der Waals surface area (Å²) in [5.41, 5.74) is 4.90. The number of amides is 1. The van der Waals surface area contributed by atoms with Gasteiger partial charge >= 0.3 is 0 Å². The van der Waals surface area contributed by atoms with Crippen LogP contribution >= 0.6 is 11.8 Å². The van der Waals surface area contributed by atoms with Gasteiger partial charge in [0, 0.05) is 13.6 Å². The lowest BCUT2D eigenvalue weighted by atomic mass is 9.54. The summed E-state index contributed by atoms with van der Waals surface area (Å²) in [4.78, 5) is 31.6. The Morgan fingerprint density at radius 2 is 1.75 bits per heavy atom. The maximum atomic E-state index is 12.6. The highest BCUT2D eigenvalue weighted by molar-refractivity contribution is 8.18. The molecule has 0 aromatic heterocycles. The Morgan fingerprint density at radius 1 is 1.05 bits per heavy atom. The lowest BCUT2D eigenvalue weighted by molar-refractivity contribution is -0.113. The smallest absolute Gasteiger partial charge is 0.286 e. The monoisotopic (exact) mass is 559 g/mol. The number of nitrogens with zero attached hydrogens (tertiary/aromatic N) is 3. The van der Waals surface area contributed by atoms with E-state index in [-0.39, 0.29) is 11.3 Å². The number of carbonyl (C=O) groups excluding carboxylic acids is 1. The Hall–Kier alpha value is -2.73. The zero-order chi connectivity index (χ0) is 28.9. The van der Waals surface area contributed by atoms with Crippen molar-refractivity contribution >= 4 is 34.6 Å². The molecule has 5 rings (SSSR count). The van der Waals surface area contributed by atoms with Gasteiger partial charge in [-0.05, 0) is 125 Å². The Balaban J connectivity index is 0.00000181. The molecule has 40 heavy (non-hydrogen) atoms. The molecule has 214 valence electrons. The summed E-state index contributed by atoms with van der Waals surface area (Å²) < 4.78 is 0. The van der Waals surface area contributed by atoms with E-state index in [0.717, 1.165) is 72.0 Å². The molecule has 1 heterocycles. The SMILES string of the molecule is CC.CCCCN(C)C1=NC(=O)/C(=C/c2cccc(-c3ccc(N=O)c(C45CC(C)CC(CC(C)C4)C5)c3)c2)S1. The van der Waals surface area contributed by atoms with Gasteiger partial charge in [0.2, 0.25) is 0 Å². The Morgan fingerprint density at radius 3 is 2.42 bits per heavy atom. The van der Waals surface area contributed by atoms with Crippen LogP contribution in [0, 0.1) is 22.7 Å². The normalized spacial score (nSPS) is 26.6. The minimum atomic E-state index is -0.172. The molecule has 2 bridgehead atoms. The van der Waals surface area contributed by atoms with E-state index in [4.69, 9.17) is 0 Å². The van der Waals surface area contributed by atoms with Gasteiger partial charge in [-0.15, -0.1) is 4.91 Å². The molecule has 0 spiro atoms. The molecule has 2 fully saturated rings. The second-order valence-corrected chi connectivity index (χ2v) is 13.0. The zero-order valence-electron chi connectivity index (χ0n) is 25.1. The topological polar surface area (TPSA) is 62.1 Å². The molecule has 6 heteroatoms. The van der Waals surface area contributed by atoms with E-state index in [9.17, 15) is 9.70 Å². The van der Waals surface area contributed by atoms with Gasteiger partial charge in [-0.2, -0.15) is 4.99 Å². The van der Waals surface area contributed by atoms with Crippen LogP contribution in [0.1, 0.15) is 90.7 Å². The maximum Gasteiger partial charge on any atom is 0.286 e. The van der Waals surface area contributed by atoms with Crippen molar-refractivity contribution in [3.63, 3.8) is 0 Å². The van der Waals surface area contributed by atoms with Gasteiger partial charge in [-0.25, -0.2) is 0 Å². The fourth-order valence-electron chi connectivity index (χ4n) is 7.27. The first-order chi connectivity index (χ1) is 19.3. The molecular weight excluding hydrogens is 514 g/mol. The van der Waals surface area contributed by atoms with E-state index in [1.165, 1.54) is 24.6 Å². The highest BCUT2D eigenvalue weighted by Crippen LogP contribution is 2.56. The summed E-state index contributed by atoms with van der Waals surface area (Å²) in [5, 5.41) is 4.26. The van der Waals surface area contributed by atoms with Crippen LogP contribution in [0.2, 0.25) is 0 Å². The van der Waals surface area contributed by atoms with E-state index in [0.29, 0.717) is 22.4 Å². The molecule has 2 saturated carbocycles. The fourth-order valence-corrected chi connectivity index (χ4v) is 8.17. The Bertz CT molecular complexity index is 1260. The minimum absolute atomic E-state index is 0.0310. The number of fused-ring (bicyclic) bond motifs is 2. The van der Waals surface area contributed by atoms with Crippen molar-refractivity contribution < 1.29 is 4.79 Å². The van der Waals surface area contributed by atoms with E-state index >= 15 is 0 Å². The highest BCUT2D eigenvalue weighted by Gasteiger charge is 2.46. The highest BCUT2D eigenvalue weighted by atomic mass is 32.2. The molecule has 1 aliphatic heterocycles. The summed E-state index contributed by atoms with van der Waals surface area (Å²) in [6, 6.07) is 14.4. The predicted molar refractivity (Wildman–Crippen MR) is 171 cm³/mol. The van der Waals surface area contributed by atoms with Gasteiger partial charge < -0.3 is 4.90 Å². The number of thioether (sulfide) groups is 1. The van der Waals surface area contributed by atoms with Crippen molar-refractivity contribution in [3.8, 4) is 11.1 Å². The van der Waals surface area contributed by atoms with Gasteiger partial charge in [0.05, 0.1) is 4.91 Å². The predicted octanol–water partition coefficient (Wildman–Crippen LogP) is 9.58. The number of rotatable bonds is 7. The lowest BCUT2D eigenvalue weighted by Gasteiger charge is -2.50. The van der Waals surface area contributed by atoms with E-state index in [1.54, 1.807) is 0 Å². The van der Waals surface area contributed by atoms with Crippen molar-refractivity contribution in [2.45, 2.75) is 85.0 Å². The summed E-state index contributed by atoms with van der Waals surface area (Å²) in [7, 11) is 2.00. The molecule has 2 aliphatic carbocycles. The Kier molecular flexibility index (Phi) is 10.0. The number of carbonyl (C=O) groups is 1. The van der Waals surface area contributed by atoms with Crippen molar-refractivity contribution in [2.24, 2.45) is 27.9 Å². The largest absolute Gasteiger partial charge is 0.354 e. The average molecular weight is 560 g/mol. The summed E-state index contributed by atoms with van der Waals surface area (Å²) in [6.45, 7) is 11.8. The van der Waals surface area contributed by atoms with Crippen LogP contribution in [0.5, 0.6) is 0 Å². The van der Waals surface area contributed by atoms with Crippen molar-refractivity contribution in [3.05, 3.63) is 63.4 Å². The number of aliphatic imine (C=N–C) groups is 1. The van der Waals surface area contributed by atoms with Gasteiger partial charge in [0.15, 0.2) is 5.17 Å². The first-order valence-electron chi connectivity index (χ1n) is 15.1. The van der Waals surface area contributed by atoms with Crippen LogP contribution in [0.3, 0.4) is 0 Å². The number of hydrogen-bond acceptors (Lipinski definition) is 5. The van der Waals surface area contributed by atoms with Gasteiger partial charge in [-0.1, -0.05) is 65.3 Å². The first kappa shape index (κ1) is 30.2. The first-order valence-corrected chi connectivity index (χ1v) is 15.9. The fraction of sp³-hybridized carbons (Fsp3) is 0.529. The Labute approximate surface area is 244 Å². The molecule has 0 radical (unpaired) electrons. The van der Waals surface area contributed by atoms with E-state index in [1.807, 2.05) is 51.2 Å². The average Bonchev–Trinajstić information content (AvgIpc) is 3.31. The summed E-state index contributed by atoms with van der Waals surface area (Å²) in [5.74, 6) is 1.88. The van der Waals surface area contributed by atoms with Crippen LogP contribution < -0.4 is 0 Å². The molecular formula is C34H45N3O2S. The van der Waals surface area contributed by atoms with Crippen molar-refractivity contribution in [2.75, 3.05) is 13.6 Å². The molecule has 2 aromatic carbocycles. The second kappa shape index (κ2) is 13.3. The van der Waals surface area contributed by atoms with Gasteiger partial charge in [0.1, 0.15) is 5.69 Å². The summed E-state index contributed by atoms with van der Waals surface area (Å²) >= 11 is 1.45. The van der Waals surface area contributed by atoms with Crippen LogP contribution in [0.15, 0.2) is 57.5 Å². The zero-order valence-corrected chi connectivity index (χ0v) is 25.9. The summed E-state index contributed by atoms with van der Waals surface area (Å²) in [6.07, 6.45) is 10.1. The van der Waals surface area contributed by atoms with E-state index < -0.39 is 0 Å². The molecule has 0 saturated heterocycles. The van der Waals surface area contributed by atoms with Gasteiger partial charge in [0.25, 0.3) is 5.91 Å². The van der Waals surface area contributed by atoms with Crippen LogP contribution in [0.25, 0.3) is 17.2 Å². The van der Waals surface area contributed by atoms with Crippen LogP contribution in [-0.4, -0.2) is 29.6 Å². The number of benzene rings is 2.